The quantitative estimate of drug-likeness (QED) is 0.458. The number of aromatic nitrogens is 5. The first kappa shape index (κ1) is 18.2. The van der Waals surface area contributed by atoms with Crippen LogP contribution < -0.4 is 4.90 Å². The molecule has 0 amide bonds. The Morgan fingerprint density at radius 1 is 0.931 bits per heavy atom. The van der Waals surface area contributed by atoms with Gasteiger partial charge in [-0.1, -0.05) is 36.0 Å². The average Bonchev–Trinajstić information content (AvgIpc) is 3.37. The van der Waals surface area contributed by atoms with Gasteiger partial charge < -0.3 is 9.30 Å². The Balaban J connectivity index is 1.45. The molecule has 5 rings (SSSR count). The van der Waals surface area contributed by atoms with Crippen molar-refractivity contribution >= 4 is 23.4 Å². The number of thioether (sulfide) groups is 1. The number of anilines is 1. The minimum atomic E-state index is 0.756. The normalized spacial score (nSPS) is 14.6. The number of piperidine rings is 1. The molecule has 1 fully saturated rings. The van der Waals surface area contributed by atoms with E-state index in [1.54, 1.807) is 11.8 Å². The molecule has 0 atom stereocenters. The van der Waals surface area contributed by atoms with E-state index in [0.717, 1.165) is 47.0 Å². The lowest BCUT2D eigenvalue weighted by molar-refractivity contribution is 0.564. The monoisotopic (exact) mass is 404 g/mol. The number of aryl methyl sites for hydroxylation is 1. The van der Waals surface area contributed by atoms with Crippen molar-refractivity contribution in [2.75, 3.05) is 18.0 Å². The number of imidazole rings is 1. The summed E-state index contributed by atoms with van der Waals surface area (Å²) in [6, 6.07) is 14.6. The molecule has 148 valence electrons. The third kappa shape index (κ3) is 3.74. The molecule has 29 heavy (non-hydrogen) atoms. The van der Waals surface area contributed by atoms with Gasteiger partial charge in [-0.3, -0.25) is 4.57 Å². The van der Waals surface area contributed by atoms with Gasteiger partial charge in [0.25, 0.3) is 0 Å². The molecule has 0 bridgehead atoms. The van der Waals surface area contributed by atoms with Crippen LogP contribution in [0.4, 0.5) is 5.95 Å². The highest BCUT2D eigenvalue weighted by atomic mass is 32.2. The van der Waals surface area contributed by atoms with E-state index in [-0.39, 0.29) is 0 Å². The van der Waals surface area contributed by atoms with E-state index in [9.17, 15) is 0 Å². The zero-order chi connectivity index (χ0) is 19.6. The zero-order valence-electron chi connectivity index (χ0n) is 16.5. The summed E-state index contributed by atoms with van der Waals surface area (Å²) in [6.07, 6.45) is 7.93. The predicted molar refractivity (Wildman–Crippen MR) is 117 cm³/mol. The fraction of sp³-hybridized carbons (Fsp3) is 0.318. The molecule has 0 spiro atoms. The third-order valence-corrected chi connectivity index (χ3v) is 6.23. The van der Waals surface area contributed by atoms with E-state index in [1.807, 2.05) is 6.07 Å². The number of benzene rings is 1. The molecule has 0 saturated carbocycles. The molecule has 1 saturated heterocycles. The lowest BCUT2D eigenvalue weighted by Crippen LogP contribution is -2.31. The SMILES string of the molecule is Cc1ccc2nc(CSc3nnc(N4CCCCC4)n3-c3ccccc3)cn2c1. The van der Waals surface area contributed by atoms with Crippen molar-refractivity contribution in [3.05, 3.63) is 66.1 Å². The van der Waals surface area contributed by atoms with E-state index in [1.165, 1.54) is 24.8 Å². The van der Waals surface area contributed by atoms with Crippen LogP contribution in [-0.4, -0.2) is 37.2 Å². The molecule has 6 nitrogen and oxygen atoms in total. The molecule has 1 aromatic carbocycles. The van der Waals surface area contributed by atoms with Crippen LogP contribution in [0.5, 0.6) is 0 Å². The van der Waals surface area contributed by atoms with Gasteiger partial charge >= 0.3 is 0 Å². The van der Waals surface area contributed by atoms with Gasteiger partial charge in [-0.15, -0.1) is 10.2 Å². The number of rotatable bonds is 5. The van der Waals surface area contributed by atoms with Crippen molar-refractivity contribution < 1.29 is 0 Å². The lowest BCUT2D eigenvalue weighted by atomic mass is 10.1. The Bertz CT molecular complexity index is 1110. The highest BCUT2D eigenvalue weighted by Crippen LogP contribution is 2.30. The minimum Gasteiger partial charge on any atom is -0.341 e. The molecule has 0 N–H and O–H groups in total. The van der Waals surface area contributed by atoms with Crippen molar-refractivity contribution in [2.24, 2.45) is 0 Å². The molecule has 4 aromatic rings. The van der Waals surface area contributed by atoms with E-state index >= 15 is 0 Å². The smallest absolute Gasteiger partial charge is 0.232 e. The number of pyridine rings is 1. The van der Waals surface area contributed by atoms with Gasteiger partial charge in [0, 0.05) is 31.2 Å². The molecule has 7 heteroatoms. The van der Waals surface area contributed by atoms with Gasteiger partial charge in [0.15, 0.2) is 5.16 Å². The Kier molecular flexibility index (Phi) is 4.97. The maximum Gasteiger partial charge on any atom is 0.232 e. The van der Waals surface area contributed by atoms with Crippen molar-refractivity contribution in [3.8, 4) is 5.69 Å². The molecule has 1 aliphatic heterocycles. The first-order valence-electron chi connectivity index (χ1n) is 10.1. The first-order valence-corrected chi connectivity index (χ1v) is 11.1. The topological polar surface area (TPSA) is 51.2 Å². The summed E-state index contributed by atoms with van der Waals surface area (Å²) >= 11 is 1.69. The summed E-state index contributed by atoms with van der Waals surface area (Å²) in [5.41, 5.74) is 4.35. The number of hydrogen-bond donors (Lipinski definition) is 0. The molecule has 4 heterocycles. The molecule has 0 aliphatic carbocycles. The van der Waals surface area contributed by atoms with Gasteiger partial charge in [0.2, 0.25) is 5.95 Å². The Morgan fingerprint density at radius 3 is 2.59 bits per heavy atom. The van der Waals surface area contributed by atoms with Gasteiger partial charge in [0.1, 0.15) is 5.65 Å². The number of nitrogens with zero attached hydrogens (tertiary/aromatic N) is 6. The number of fused-ring (bicyclic) bond motifs is 1. The fourth-order valence-corrected chi connectivity index (χ4v) is 4.65. The standard InChI is InChI=1S/C22H24N6S/c1-17-10-11-20-23-18(15-27(20)14-17)16-29-22-25-24-21(26-12-6-3-7-13-26)28(22)19-8-4-2-5-9-19/h2,4-5,8-11,14-15H,3,6-7,12-13,16H2,1H3. The summed E-state index contributed by atoms with van der Waals surface area (Å²) in [4.78, 5) is 7.10. The van der Waals surface area contributed by atoms with Crippen molar-refractivity contribution in [1.82, 2.24) is 24.1 Å². The molecule has 0 unspecified atom stereocenters. The van der Waals surface area contributed by atoms with Crippen LogP contribution in [0, 0.1) is 6.92 Å². The molecular formula is C22H24N6S. The van der Waals surface area contributed by atoms with E-state index in [2.05, 4.69) is 79.8 Å². The number of hydrogen-bond acceptors (Lipinski definition) is 5. The van der Waals surface area contributed by atoms with Crippen molar-refractivity contribution in [3.63, 3.8) is 0 Å². The largest absolute Gasteiger partial charge is 0.341 e. The second kappa shape index (κ2) is 7.91. The second-order valence-corrected chi connectivity index (χ2v) is 8.44. The van der Waals surface area contributed by atoms with Gasteiger partial charge in [-0.2, -0.15) is 0 Å². The van der Waals surface area contributed by atoms with Crippen LogP contribution in [0.2, 0.25) is 0 Å². The van der Waals surface area contributed by atoms with Crippen LogP contribution in [0.3, 0.4) is 0 Å². The van der Waals surface area contributed by atoms with Gasteiger partial charge in [-0.25, -0.2) is 4.98 Å². The maximum absolute atomic E-state index is 4.74. The molecule has 1 aliphatic rings. The maximum atomic E-state index is 4.74. The summed E-state index contributed by atoms with van der Waals surface area (Å²) < 4.78 is 4.28. The summed E-state index contributed by atoms with van der Waals surface area (Å²) in [5.74, 6) is 1.70. The Hall–Kier alpha value is -2.80. The fourth-order valence-electron chi connectivity index (χ4n) is 3.82. The van der Waals surface area contributed by atoms with Crippen molar-refractivity contribution in [2.45, 2.75) is 37.1 Å². The van der Waals surface area contributed by atoms with Crippen LogP contribution >= 0.6 is 11.8 Å². The highest BCUT2D eigenvalue weighted by molar-refractivity contribution is 7.98. The summed E-state index contributed by atoms with van der Waals surface area (Å²) in [7, 11) is 0. The minimum absolute atomic E-state index is 0.756. The number of para-hydroxylation sites is 1. The third-order valence-electron chi connectivity index (χ3n) is 5.27. The van der Waals surface area contributed by atoms with E-state index < -0.39 is 0 Å². The second-order valence-electron chi connectivity index (χ2n) is 7.49. The molecule has 3 aromatic heterocycles. The summed E-state index contributed by atoms with van der Waals surface area (Å²) in [6.45, 7) is 4.18. The van der Waals surface area contributed by atoms with Crippen molar-refractivity contribution in [1.29, 1.82) is 0 Å². The lowest BCUT2D eigenvalue weighted by Gasteiger charge is -2.27. The van der Waals surface area contributed by atoms with E-state index in [0.29, 0.717) is 0 Å². The highest BCUT2D eigenvalue weighted by Gasteiger charge is 2.21. The predicted octanol–water partition coefficient (Wildman–Crippen LogP) is 4.51. The molecular weight excluding hydrogens is 380 g/mol. The zero-order valence-corrected chi connectivity index (χ0v) is 17.3. The Morgan fingerprint density at radius 2 is 1.76 bits per heavy atom. The first-order chi connectivity index (χ1) is 14.3. The average molecular weight is 405 g/mol. The van der Waals surface area contributed by atoms with Gasteiger partial charge in [-0.05, 0) is 49.9 Å². The molecule has 0 radical (unpaired) electrons. The Labute approximate surface area is 174 Å². The van der Waals surface area contributed by atoms with Crippen LogP contribution in [0.1, 0.15) is 30.5 Å². The van der Waals surface area contributed by atoms with Crippen LogP contribution in [0.25, 0.3) is 11.3 Å². The van der Waals surface area contributed by atoms with Crippen LogP contribution in [0.15, 0.2) is 60.0 Å². The van der Waals surface area contributed by atoms with E-state index in [4.69, 9.17) is 4.98 Å². The summed E-state index contributed by atoms with van der Waals surface area (Å²) in [5, 5.41) is 10.0. The van der Waals surface area contributed by atoms with Gasteiger partial charge in [0.05, 0.1) is 11.4 Å². The van der Waals surface area contributed by atoms with Crippen LogP contribution in [-0.2, 0) is 5.75 Å².